The summed E-state index contributed by atoms with van der Waals surface area (Å²) in [5.41, 5.74) is 3.07. The van der Waals surface area contributed by atoms with Gasteiger partial charge in [0.25, 0.3) is 0 Å². The van der Waals surface area contributed by atoms with Crippen LogP contribution >= 0.6 is 0 Å². The van der Waals surface area contributed by atoms with Crippen LogP contribution in [-0.4, -0.2) is 48.0 Å². The molecule has 2 N–H and O–H groups in total. The number of ether oxygens (including phenoxy) is 3. The number of carbonyl (C=O) groups excluding carboxylic acids is 3. The van der Waals surface area contributed by atoms with Crippen LogP contribution in [0.3, 0.4) is 0 Å². The van der Waals surface area contributed by atoms with Crippen LogP contribution in [0.2, 0.25) is 0 Å². The number of carbonyl (C=O) groups is 4. The molecule has 0 spiro atoms. The van der Waals surface area contributed by atoms with Crippen molar-refractivity contribution in [2.45, 2.75) is 58.8 Å². The highest BCUT2D eigenvalue weighted by Crippen LogP contribution is 2.21. The monoisotopic (exact) mass is 499 g/mol. The molecule has 2 aromatic rings. The maximum absolute atomic E-state index is 12.5. The van der Waals surface area contributed by atoms with Crippen LogP contribution in [0.1, 0.15) is 45.6 Å². The first-order valence-corrected chi connectivity index (χ1v) is 11.9. The van der Waals surface area contributed by atoms with Gasteiger partial charge in [-0.3, -0.25) is 14.4 Å². The molecular weight excluding hydrogens is 466 g/mol. The SMILES string of the molecule is CCOC(=O)OC(C)OC(=O)[C@H](C)C[C@@H](Cc1ccc(-c2ccccc2)cc1)NC(=O)CCC(=O)O. The molecule has 1 unspecified atom stereocenters. The van der Waals surface area contributed by atoms with Gasteiger partial charge in [-0.15, -0.1) is 0 Å². The average Bonchev–Trinajstić information content (AvgIpc) is 2.83. The van der Waals surface area contributed by atoms with Crippen molar-refractivity contribution < 1.29 is 38.5 Å². The number of rotatable bonds is 13. The Bertz CT molecular complexity index is 1010. The Morgan fingerprint density at radius 3 is 2.14 bits per heavy atom. The van der Waals surface area contributed by atoms with E-state index in [-0.39, 0.29) is 25.9 Å². The second-order valence-electron chi connectivity index (χ2n) is 8.37. The fourth-order valence-corrected chi connectivity index (χ4v) is 3.58. The molecule has 2 aromatic carbocycles. The van der Waals surface area contributed by atoms with Gasteiger partial charge < -0.3 is 24.6 Å². The Kier molecular flexibility index (Phi) is 11.4. The van der Waals surface area contributed by atoms with E-state index >= 15 is 0 Å². The topological polar surface area (TPSA) is 128 Å². The van der Waals surface area contributed by atoms with Gasteiger partial charge in [0.15, 0.2) is 0 Å². The first kappa shape index (κ1) is 28.4. The van der Waals surface area contributed by atoms with Gasteiger partial charge >= 0.3 is 18.1 Å². The lowest BCUT2D eigenvalue weighted by Crippen LogP contribution is -2.39. The molecule has 2 rings (SSSR count). The third-order valence-electron chi connectivity index (χ3n) is 5.32. The number of carboxylic acids is 1. The summed E-state index contributed by atoms with van der Waals surface area (Å²) in [6, 6.07) is 17.3. The number of esters is 1. The number of hydrogen-bond donors (Lipinski definition) is 2. The summed E-state index contributed by atoms with van der Waals surface area (Å²) in [4.78, 5) is 47.1. The third kappa shape index (κ3) is 10.2. The molecule has 0 saturated carbocycles. The molecule has 3 atom stereocenters. The van der Waals surface area contributed by atoms with E-state index in [4.69, 9.17) is 14.6 Å². The van der Waals surface area contributed by atoms with Crippen molar-refractivity contribution in [3.05, 3.63) is 60.2 Å². The number of benzene rings is 2. The van der Waals surface area contributed by atoms with Crippen LogP contribution in [0.4, 0.5) is 4.79 Å². The Morgan fingerprint density at radius 1 is 0.889 bits per heavy atom. The van der Waals surface area contributed by atoms with Crippen LogP contribution in [0.15, 0.2) is 54.6 Å². The van der Waals surface area contributed by atoms with Gasteiger partial charge in [-0.25, -0.2) is 4.79 Å². The first-order chi connectivity index (χ1) is 17.2. The first-order valence-electron chi connectivity index (χ1n) is 11.9. The second kappa shape index (κ2) is 14.5. The normalized spacial score (nSPS) is 13.1. The molecule has 0 aliphatic carbocycles. The molecule has 0 saturated heterocycles. The maximum atomic E-state index is 12.5. The van der Waals surface area contributed by atoms with Gasteiger partial charge in [0.1, 0.15) is 0 Å². The quantitative estimate of drug-likeness (QED) is 0.308. The number of hydrogen-bond acceptors (Lipinski definition) is 7. The van der Waals surface area contributed by atoms with Gasteiger partial charge in [0.2, 0.25) is 12.2 Å². The Labute approximate surface area is 210 Å². The van der Waals surface area contributed by atoms with E-state index in [9.17, 15) is 19.2 Å². The predicted octanol–water partition coefficient (Wildman–Crippen LogP) is 4.33. The van der Waals surface area contributed by atoms with Crippen LogP contribution in [0, 0.1) is 5.92 Å². The average molecular weight is 500 g/mol. The molecule has 0 fully saturated rings. The zero-order valence-corrected chi connectivity index (χ0v) is 20.8. The molecule has 0 heterocycles. The molecule has 1 amide bonds. The minimum atomic E-state index is -1.13. The van der Waals surface area contributed by atoms with Crippen molar-refractivity contribution in [1.82, 2.24) is 5.32 Å². The van der Waals surface area contributed by atoms with Gasteiger partial charge in [0.05, 0.1) is 18.9 Å². The second-order valence-corrected chi connectivity index (χ2v) is 8.37. The fraction of sp³-hybridized carbons (Fsp3) is 0.407. The Balaban J connectivity index is 2.05. The smallest absolute Gasteiger partial charge is 0.481 e. The van der Waals surface area contributed by atoms with Gasteiger partial charge in [-0.05, 0) is 36.5 Å². The standard InChI is InChI=1S/C27H33NO8/c1-4-34-27(33)36-19(3)35-26(32)18(2)16-23(28-24(29)14-15-25(30)31)17-20-10-12-22(13-11-20)21-8-6-5-7-9-21/h5-13,18-19,23H,4,14-17H2,1-3H3,(H,28,29)(H,30,31)/t18-,19?,23+/m1/s1. The number of nitrogens with one attached hydrogen (secondary N) is 1. The summed E-state index contributed by atoms with van der Waals surface area (Å²) >= 11 is 0. The lowest BCUT2D eigenvalue weighted by Gasteiger charge is -2.23. The Hall–Kier alpha value is -3.88. The summed E-state index contributed by atoms with van der Waals surface area (Å²) in [6.07, 6.45) is -1.85. The van der Waals surface area contributed by atoms with Gasteiger partial charge in [-0.2, -0.15) is 0 Å². The minimum Gasteiger partial charge on any atom is -0.481 e. The zero-order chi connectivity index (χ0) is 26.5. The van der Waals surface area contributed by atoms with E-state index in [0.29, 0.717) is 6.42 Å². The minimum absolute atomic E-state index is 0.130. The number of aliphatic carboxylic acids is 1. The molecule has 0 bridgehead atoms. The van der Waals surface area contributed by atoms with E-state index < -0.39 is 42.3 Å². The molecule has 0 aliphatic heterocycles. The van der Waals surface area contributed by atoms with Crippen molar-refractivity contribution in [3.8, 4) is 11.1 Å². The van der Waals surface area contributed by atoms with Crippen molar-refractivity contribution in [2.24, 2.45) is 5.92 Å². The number of carboxylic acid groups (broad SMARTS) is 1. The molecule has 36 heavy (non-hydrogen) atoms. The van der Waals surface area contributed by atoms with Crippen LogP contribution in [0.5, 0.6) is 0 Å². The summed E-state index contributed by atoms with van der Waals surface area (Å²) in [5.74, 6) is -2.71. The lowest BCUT2D eigenvalue weighted by molar-refractivity contribution is -0.172. The third-order valence-corrected chi connectivity index (χ3v) is 5.32. The summed E-state index contributed by atoms with van der Waals surface area (Å²) in [5, 5.41) is 11.7. The zero-order valence-electron chi connectivity index (χ0n) is 20.8. The van der Waals surface area contributed by atoms with Crippen LogP contribution < -0.4 is 5.32 Å². The van der Waals surface area contributed by atoms with E-state index in [1.54, 1.807) is 13.8 Å². The van der Waals surface area contributed by atoms with E-state index in [1.807, 2.05) is 54.6 Å². The fourth-order valence-electron chi connectivity index (χ4n) is 3.58. The highest BCUT2D eigenvalue weighted by atomic mass is 16.8. The predicted molar refractivity (Wildman–Crippen MR) is 132 cm³/mol. The van der Waals surface area contributed by atoms with Crippen LogP contribution in [-0.2, 0) is 35.0 Å². The largest absolute Gasteiger partial charge is 0.511 e. The van der Waals surface area contributed by atoms with Crippen molar-refractivity contribution >= 4 is 24.0 Å². The highest BCUT2D eigenvalue weighted by molar-refractivity contribution is 5.81. The molecule has 0 aromatic heterocycles. The van der Waals surface area contributed by atoms with Crippen molar-refractivity contribution in [2.75, 3.05) is 6.61 Å². The van der Waals surface area contributed by atoms with E-state index in [2.05, 4.69) is 10.1 Å². The highest BCUT2D eigenvalue weighted by Gasteiger charge is 2.25. The van der Waals surface area contributed by atoms with Gasteiger partial charge in [0, 0.05) is 19.4 Å². The molecule has 0 radical (unpaired) electrons. The van der Waals surface area contributed by atoms with E-state index in [1.165, 1.54) is 6.92 Å². The van der Waals surface area contributed by atoms with Crippen molar-refractivity contribution in [3.63, 3.8) is 0 Å². The molecule has 9 nitrogen and oxygen atoms in total. The lowest BCUT2D eigenvalue weighted by atomic mass is 9.94. The van der Waals surface area contributed by atoms with Gasteiger partial charge in [-0.1, -0.05) is 61.5 Å². The molecule has 9 heteroatoms. The summed E-state index contributed by atoms with van der Waals surface area (Å²) < 4.78 is 14.7. The van der Waals surface area contributed by atoms with Crippen molar-refractivity contribution in [1.29, 1.82) is 0 Å². The molecule has 194 valence electrons. The Morgan fingerprint density at radius 2 is 1.53 bits per heavy atom. The molecular formula is C27H33NO8. The van der Waals surface area contributed by atoms with Crippen LogP contribution in [0.25, 0.3) is 11.1 Å². The summed E-state index contributed by atoms with van der Waals surface area (Å²) in [7, 11) is 0. The molecule has 0 aliphatic rings. The number of amides is 1. The maximum Gasteiger partial charge on any atom is 0.511 e. The summed E-state index contributed by atoms with van der Waals surface area (Å²) in [6.45, 7) is 4.81. The van der Waals surface area contributed by atoms with E-state index in [0.717, 1.165) is 16.7 Å².